The van der Waals surface area contributed by atoms with E-state index in [0.717, 1.165) is 43.6 Å². The number of hydrogen-bond donors (Lipinski definition) is 2. The Morgan fingerprint density at radius 3 is 1.46 bits per heavy atom. The Balaban J connectivity index is 1.95. The molecule has 24 heavy (non-hydrogen) atoms. The minimum Gasteiger partial charge on any atom is -0.508 e. The molecule has 114 valence electrons. The smallest absolute Gasteiger partial charge is 0.116 e. The first-order chi connectivity index (χ1) is 11.7. The van der Waals surface area contributed by atoms with Crippen molar-refractivity contribution in [2.24, 2.45) is 0 Å². The van der Waals surface area contributed by atoms with E-state index in [2.05, 4.69) is 0 Å². The highest BCUT2D eigenvalue weighted by molar-refractivity contribution is 6.10. The summed E-state index contributed by atoms with van der Waals surface area (Å²) in [4.78, 5) is 9.60. The average molecular weight is 312 g/mol. The first-order valence-corrected chi connectivity index (χ1v) is 7.64. The van der Waals surface area contributed by atoms with Crippen LogP contribution in [0.2, 0.25) is 0 Å². The van der Waals surface area contributed by atoms with Crippen LogP contribution in [0.1, 0.15) is 0 Å². The number of aromatic hydroxyl groups is 2. The molecule has 0 atom stereocenters. The maximum absolute atomic E-state index is 9.66. The summed E-state index contributed by atoms with van der Waals surface area (Å²) in [6.07, 6.45) is 0. The Hall–Kier alpha value is -3.40. The number of fused-ring (bicyclic) bond motifs is 6. The number of phenols is 2. The Bertz CT molecular complexity index is 1180. The Morgan fingerprint density at radius 2 is 1.00 bits per heavy atom. The van der Waals surface area contributed by atoms with Gasteiger partial charge < -0.3 is 10.2 Å². The predicted molar refractivity (Wildman–Crippen MR) is 95.4 cm³/mol. The zero-order valence-corrected chi connectivity index (χ0v) is 12.6. The number of hydrogen-bond acceptors (Lipinski definition) is 4. The second-order valence-corrected chi connectivity index (χ2v) is 5.90. The molecule has 0 amide bonds. The lowest BCUT2D eigenvalue weighted by Crippen LogP contribution is -1.90. The lowest BCUT2D eigenvalue weighted by atomic mass is 10.1. The van der Waals surface area contributed by atoms with Gasteiger partial charge in [-0.3, -0.25) is 0 Å². The largest absolute Gasteiger partial charge is 0.508 e. The quantitative estimate of drug-likeness (QED) is 0.326. The van der Waals surface area contributed by atoms with Gasteiger partial charge in [0, 0.05) is 10.8 Å². The number of aromatic nitrogens is 2. The fourth-order valence-corrected chi connectivity index (χ4v) is 3.23. The van der Waals surface area contributed by atoms with E-state index in [1.807, 2.05) is 36.4 Å². The van der Waals surface area contributed by atoms with E-state index in [0.29, 0.717) is 0 Å². The van der Waals surface area contributed by atoms with Crippen molar-refractivity contribution in [3.05, 3.63) is 60.7 Å². The summed E-state index contributed by atoms with van der Waals surface area (Å²) in [6.45, 7) is 0. The highest BCUT2D eigenvalue weighted by atomic mass is 16.3. The summed E-state index contributed by atoms with van der Waals surface area (Å²) >= 11 is 0. The summed E-state index contributed by atoms with van der Waals surface area (Å²) in [5, 5.41) is 23.1. The third kappa shape index (κ3) is 1.80. The summed E-state index contributed by atoms with van der Waals surface area (Å²) in [5.74, 6) is 0.475. The summed E-state index contributed by atoms with van der Waals surface area (Å²) < 4.78 is 0. The Kier molecular flexibility index (Phi) is 2.48. The van der Waals surface area contributed by atoms with Crippen molar-refractivity contribution in [1.29, 1.82) is 0 Å². The van der Waals surface area contributed by atoms with Crippen LogP contribution >= 0.6 is 0 Å². The molecule has 1 heterocycles. The molecule has 4 heteroatoms. The molecule has 0 aliphatic carbocycles. The topological polar surface area (TPSA) is 66.2 Å². The summed E-state index contributed by atoms with van der Waals surface area (Å²) in [6, 6.07) is 18.2. The number of benzene rings is 4. The fourth-order valence-electron chi connectivity index (χ4n) is 3.23. The van der Waals surface area contributed by atoms with Gasteiger partial charge in [-0.15, -0.1) is 0 Å². The highest BCUT2D eigenvalue weighted by Gasteiger charge is 2.09. The van der Waals surface area contributed by atoms with Gasteiger partial charge in [-0.25, -0.2) is 9.97 Å². The van der Waals surface area contributed by atoms with Crippen molar-refractivity contribution in [1.82, 2.24) is 9.97 Å². The zero-order chi connectivity index (χ0) is 16.3. The molecule has 0 fully saturated rings. The van der Waals surface area contributed by atoms with Gasteiger partial charge in [0.2, 0.25) is 0 Å². The maximum Gasteiger partial charge on any atom is 0.116 e. The van der Waals surface area contributed by atoms with Crippen molar-refractivity contribution in [2.45, 2.75) is 0 Å². The van der Waals surface area contributed by atoms with Crippen LogP contribution < -0.4 is 0 Å². The van der Waals surface area contributed by atoms with Gasteiger partial charge >= 0.3 is 0 Å². The SMILES string of the molecule is Oc1ccc2c(ccc3nc4c(ccc5cc(O)ccc54)nc32)c1. The predicted octanol–water partition coefficient (Wildman–Crippen LogP) is 4.50. The zero-order valence-electron chi connectivity index (χ0n) is 12.6. The molecule has 0 spiro atoms. The molecule has 0 aliphatic rings. The van der Waals surface area contributed by atoms with Crippen LogP contribution in [0.15, 0.2) is 60.7 Å². The van der Waals surface area contributed by atoms with Crippen LogP contribution in [-0.2, 0) is 0 Å². The lowest BCUT2D eigenvalue weighted by molar-refractivity contribution is 0.475. The average Bonchev–Trinajstić information content (AvgIpc) is 2.59. The molecule has 0 unspecified atom stereocenters. The van der Waals surface area contributed by atoms with Crippen molar-refractivity contribution in [3.63, 3.8) is 0 Å². The first-order valence-electron chi connectivity index (χ1n) is 7.64. The summed E-state index contributed by atoms with van der Waals surface area (Å²) in [5.41, 5.74) is 3.25. The molecule has 5 rings (SSSR count). The minimum absolute atomic E-state index is 0.237. The summed E-state index contributed by atoms with van der Waals surface area (Å²) in [7, 11) is 0. The molecule has 5 aromatic rings. The van der Waals surface area contributed by atoms with E-state index in [1.54, 1.807) is 24.3 Å². The molecule has 2 N–H and O–H groups in total. The van der Waals surface area contributed by atoms with E-state index in [-0.39, 0.29) is 11.5 Å². The van der Waals surface area contributed by atoms with E-state index < -0.39 is 0 Å². The highest BCUT2D eigenvalue weighted by Crippen LogP contribution is 2.30. The first kappa shape index (κ1) is 13.1. The van der Waals surface area contributed by atoms with Gasteiger partial charge in [0.1, 0.15) is 11.5 Å². The van der Waals surface area contributed by atoms with Crippen molar-refractivity contribution in [2.75, 3.05) is 0 Å². The molecule has 4 aromatic carbocycles. The Labute approximate surface area is 136 Å². The molecule has 4 nitrogen and oxygen atoms in total. The van der Waals surface area contributed by atoms with Crippen molar-refractivity contribution >= 4 is 43.6 Å². The molecule has 0 saturated carbocycles. The van der Waals surface area contributed by atoms with Gasteiger partial charge in [-0.05, 0) is 59.3 Å². The second kappa shape index (κ2) is 4.55. The normalized spacial score (nSPS) is 11.7. The van der Waals surface area contributed by atoms with Crippen LogP contribution in [0.25, 0.3) is 43.6 Å². The van der Waals surface area contributed by atoms with Gasteiger partial charge in [0.05, 0.1) is 22.1 Å². The van der Waals surface area contributed by atoms with Crippen LogP contribution in [-0.4, -0.2) is 20.2 Å². The van der Waals surface area contributed by atoms with Gasteiger partial charge in [-0.1, -0.05) is 12.1 Å². The fraction of sp³-hybridized carbons (Fsp3) is 0. The van der Waals surface area contributed by atoms with Gasteiger partial charge in [0.15, 0.2) is 0 Å². The third-order valence-corrected chi connectivity index (χ3v) is 4.37. The van der Waals surface area contributed by atoms with Crippen LogP contribution in [0, 0.1) is 0 Å². The second-order valence-electron chi connectivity index (χ2n) is 5.90. The van der Waals surface area contributed by atoms with Gasteiger partial charge in [0.25, 0.3) is 0 Å². The van der Waals surface area contributed by atoms with Crippen LogP contribution in [0.4, 0.5) is 0 Å². The number of nitrogens with zero attached hydrogens (tertiary/aromatic N) is 2. The molecule has 0 radical (unpaired) electrons. The Morgan fingerprint density at radius 1 is 0.542 bits per heavy atom. The molecule has 0 aliphatic heterocycles. The van der Waals surface area contributed by atoms with Crippen LogP contribution in [0.5, 0.6) is 11.5 Å². The maximum atomic E-state index is 9.66. The van der Waals surface area contributed by atoms with E-state index >= 15 is 0 Å². The lowest BCUT2D eigenvalue weighted by Gasteiger charge is -2.07. The standard InChI is InChI=1S/C20H12N2O2/c23-13-3-5-15-11(9-13)1-7-17-19(15)22-18-8-2-12-10-14(24)4-6-16(12)20(18)21-17/h1-10,23-24H. The number of phenolic OH excluding ortho intramolecular Hbond substituents is 2. The molecular formula is C20H12N2O2. The molecule has 0 bridgehead atoms. The van der Waals surface area contributed by atoms with E-state index in [9.17, 15) is 10.2 Å². The van der Waals surface area contributed by atoms with E-state index in [1.165, 1.54) is 0 Å². The molecule has 1 aromatic heterocycles. The van der Waals surface area contributed by atoms with Crippen LogP contribution in [0.3, 0.4) is 0 Å². The molecule has 0 saturated heterocycles. The van der Waals surface area contributed by atoms with Gasteiger partial charge in [-0.2, -0.15) is 0 Å². The van der Waals surface area contributed by atoms with Crippen molar-refractivity contribution in [3.8, 4) is 11.5 Å². The monoisotopic (exact) mass is 312 g/mol. The van der Waals surface area contributed by atoms with Crippen molar-refractivity contribution < 1.29 is 10.2 Å². The van der Waals surface area contributed by atoms with E-state index in [4.69, 9.17) is 9.97 Å². The third-order valence-electron chi connectivity index (χ3n) is 4.37. The number of rotatable bonds is 0. The molecular weight excluding hydrogens is 300 g/mol. The minimum atomic E-state index is 0.237.